The summed E-state index contributed by atoms with van der Waals surface area (Å²) in [5.74, 6) is -0.798. The molecule has 5 nitrogen and oxygen atoms in total. The third-order valence-electron chi connectivity index (χ3n) is 2.60. The number of aliphatic hydroxyl groups excluding tert-OH is 1. The van der Waals surface area contributed by atoms with Gasteiger partial charge in [-0.25, -0.2) is 0 Å². The molecule has 0 amide bonds. The molecule has 0 heterocycles. The lowest BCUT2D eigenvalue weighted by atomic mass is 9.90. The van der Waals surface area contributed by atoms with Crippen LogP contribution in [0.4, 0.5) is 0 Å². The summed E-state index contributed by atoms with van der Waals surface area (Å²) in [5, 5.41) is 9.67. The van der Waals surface area contributed by atoms with E-state index in [0.717, 1.165) is 6.42 Å². The molecular formula is C12H22O5. The van der Waals surface area contributed by atoms with Crippen LogP contribution in [0.3, 0.4) is 0 Å². The standard InChI is InChI=1S/C12H22O5/c1-5-12(3,4)11(15)17-7-6-16-10(14)8-9(2)13/h11,15H,5-8H2,1-4H3/t11-/m0/s1. The number of aliphatic hydroxyl groups is 1. The summed E-state index contributed by atoms with van der Waals surface area (Å²) in [5.41, 5.74) is -0.330. The Kier molecular flexibility index (Phi) is 6.99. The van der Waals surface area contributed by atoms with Crippen LogP contribution in [-0.4, -0.2) is 36.4 Å². The van der Waals surface area contributed by atoms with E-state index in [0.29, 0.717) is 0 Å². The summed E-state index contributed by atoms with van der Waals surface area (Å²) in [6.07, 6.45) is -0.333. The van der Waals surface area contributed by atoms with Gasteiger partial charge in [0.2, 0.25) is 0 Å². The van der Waals surface area contributed by atoms with E-state index < -0.39 is 12.3 Å². The molecule has 0 saturated heterocycles. The second-order valence-electron chi connectivity index (χ2n) is 4.66. The zero-order chi connectivity index (χ0) is 13.5. The Hall–Kier alpha value is -0.940. The van der Waals surface area contributed by atoms with E-state index in [2.05, 4.69) is 0 Å². The molecule has 0 unspecified atom stereocenters. The Bertz CT molecular complexity index is 260. The fourth-order valence-corrected chi connectivity index (χ4v) is 0.970. The largest absolute Gasteiger partial charge is 0.463 e. The van der Waals surface area contributed by atoms with E-state index in [1.54, 1.807) is 0 Å². The van der Waals surface area contributed by atoms with Crippen LogP contribution in [0.25, 0.3) is 0 Å². The fourth-order valence-electron chi connectivity index (χ4n) is 0.970. The van der Waals surface area contributed by atoms with Gasteiger partial charge in [-0.15, -0.1) is 0 Å². The maximum absolute atomic E-state index is 11.0. The molecule has 0 aliphatic rings. The van der Waals surface area contributed by atoms with Crippen LogP contribution in [0.5, 0.6) is 0 Å². The second kappa shape index (κ2) is 7.40. The van der Waals surface area contributed by atoms with E-state index in [9.17, 15) is 14.7 Å². The quantitative estimate of drug-likeness (QED) is 0.302. The zero-order valence-corrected chi connectivity index (χ0v) is 11.0. The molecule has 0 aromatic rings. The molecule has 0 aliphatic heterocycles. The van der Waals surface area contributed by atoms with Gasteiger partial charge >= 0.3 is 5.97 Å². The Balaban J connectivity index is 3.71. The molecule has 0 radical (unpaired) electrons. The van der Waals surface area contributed by atoms with E-state index in [4.69, 9.17) is 9.47 Å². The van der Waals surface area contributed by atoms with E-state index in [-0.39, 0.29) is 30.8 Å². The summed E-state index contributed by atoms with van der Waals surface area (Å²) in [6.45, 7) is 7.22. The van der Waals surface area contributed by atoms with Crippen LogP contribution in [-0.2, 0) is 19.1 Å². The van der Waals surface area contributed by atoms with E-state index in [1.165, 1.54) is 6.92 Å². The second-order valence-corrected chi connectivity index (χ2v) is 4.66. The van der Waals surface area contributed by atoms with Crippen LogP contribution in [0.2, 0.25) is 0 Å². The predicted octanol–water partition coefficient (Wildman–Crippen LogP) is 1.28. The molecule has 1 N–H and O–H groups in total. The highest BCUT2D eigenvalue weighted by atomic mass is 16.6. The lowest BCUT2D eigenvalue weighted by Gasteiger charge is -2.28. The first-order chi connectivity index (χ1) is 7.79. The average molecular weight is 246 g/mol. The molecule has 0 aliphatic carbocycles. The minimum Gasteiger partial charge on any atom is -0.463 e. The van der Waals surface area contributed by atoms with Crippen molar-refractivity contribution in [2.75, 3.05) is 13.2 Å². The van der Waals surface area contributed by atoms with Gasteiger partial charge in [-0.1, -0.05) is 20.8 Å². The Labute approximate surface area is 102 Å². The third kappa shape index (κ3) is 7.07. The molecule has 0 saturated carbocycles. The summed E-state index contributed by atoms with van der Waals surface area (Å²) in [7, 11) is 0. The molecule has 100 valence electrons. The van der Waals surface area contributed by atoms with Crippen molar-refractivity contribution in [3.63, 3.8) is 0 Å². The number of carbonyl (C=O) groups is 2. The monoisotopic (exact) mass is 246 g/mol. The van der Waals surface area contributed by atoms with Crippen molar-refractivity contribution in [3.8, 4) is 0 Å². The minimum absolute atomic E-state index is 0.0446. The lowest BCUT2D eigenvalue weighted by molar-refractivity contribution is -0.176. The molecule has 0 rings (SSSR count). The van der Waals surface area contributed by atoms with Crippen LogP contribution < -0.4 is 0 Å². The summed E-state index contributed by atoms with van der Waals surface area (Å²) < 4.78 is 9.90. The normalized spacial score (nSPS) is 13.2. The van der Waals surface area contributed by atoms with Gasteiger partial charge in [-0.3, -0.25) is 9.59 Å². The lowest BCUT2D eigenvalue weighted by Crippen LogP contribution is -2.32. The number of rotatable bonds is 8. The fraction of sp³-hybridized carbons (Fsp3) is 0.833. The number of hydrogen-bond donors (Lipinski definition) is 1. The Morgan fingerprint density at radius 3 is 2.35 bits per heavy atom. The van der Waals surface area contributed by atoms with Crippen molar-refractivity contribution in [1.29, 1.82) is 0 Å². The minimum atomic E-state index is -0.890. The first-order valence-corrected chi connectivity index (χ1v) is 5.74. The molecule has 0 fully saturated rings. The predicted molar refractivity (Wildman–Crippen MR) is 62.3 cm³/mol. The first-order valence-electron chi connectivity index (χ1n) is 5.74. The first kappa shape index (κ1) is 16.1. The zero-order valence-electron chi connectivity index (χ0n) is 11.0. The SMILES string of the molecule is CCC(C)(C)[C@@H](O)OCCOC(=O)CC(C)=O. The molecule has 0 bridgehead atoms. The number of Topliss-reactive ketones (excluding diaryl/α,β-unsaturated/α-hetero) is 1. The van der Waals surface area contributed by atoms with Crippen molar-refractivity contribution < 1.29 is 24.2 Å². The van der Waals surface area contributed by atoms with Crippen molar-refractivity contribution in [2.45, 2.75) is 46.8 Å². The molecule has 0 spiro atoms. The van der Waals surface area contributed by atoms with Crippen LogP contribution >= 0.6 is 0 Å². The van der Waals surface area contributed by atoms with Gasteiger partial charge in [-0.05, 0) is 13.3 Å². The number of ketones is 1. The molecular weight excluding hydrogens is 224 g/mol. The van der Waals surface area contributed by atoms with Crippen molar-refractivity contribution in [1.82, 2.24) is 0 Å². The van der Waals surface area contributed by atoms with Gasteiger partial charge in [0.05, 0.1) is 6.61 Å². The van der Waals surface area contributed by atoms with Crippen molar-refractivity contribution in [2.24, 2.45) is 5.41 Å². The molecule has 17 heavy (non-hydrogen) atoms. The molecule has 0 aromatic carbocycles. The Morgan fingerprint density at radius 2 is 1.88 bits per heavy atom. The smallest absolute Gasteiger partial charge is 0.313 e. The Morgan fingerprint density at radius 1 is 1.29 bits per heavy atom. The van der Waals surface area contributed by atoms with E-state index in [1.807, 2.05) is 20.8 Å². The van der Waals surface area contributed by atoms with Gasteiger partial charge in [0.15, 0.2) is 6.29 Å². The average Bonchev–Trinajstić information content (AvgIpc) is 2.23. The van der Waals surface area contributed by atoms with Gasteiger partial charge in [-0.2, -0.15) is 0 Å². The highest BCUT2D eigenvalue weighted by molar-refractivity contribution is 5.94. The molecule has 5 heteroatoms. The number of esters is 1. The van der Waals surface area contributed by atoms with Crippen LogP contribution in [0.15, 0.2) is 0 Å². The summed E-state index contributed by atoms with van der Waals surface area (Å²) >= 11 is 0. The molecule has 1 atom stereocenters. The summed E-state index contributed by atoms with van der Waals surface area (Å²) in [6, 6.07) is 0. The molecule has 0 aromatic heterocycles. The third-order valence-corrected chi connectivity index (χ3v) is 2.60. The number of ether oxygens (including phenoxy) is 2. The van der Waals surface area contributed by atoms with Crippen molar-refractivity contribution >= 4 is 11.8 Å². The topological polar surface area (TPSA) is 72.8 Å². The maximum atomic E-state index is 11.0. The van der Waals surface area contributed by atoms with Gasteiger partial charge in [0.25, 0.3) is 0 Å². The highest BCUT2D eigenvalue weighted by Crippen LogP contribution is 2.25. The van der Waals surface area contributed by atoms with E-state index >= 15 is 0 Å². The van der Waals surface area contributed by atoms with Crippen molar-refractivity contribution in [3.05, 3.63) is 0 Å². The van der Waals surface area contributed by atoms with Gasteiger partial charge in [0, 0.05) is 5.41 Å². The van der Waals surface area contributed by atoms with Crippen LogP contribution in [0.1, 0.15) is 40.5 Å². The van der Waals surface area contributed by atoms with Gasteiger partial charge in [0.1, 0.15) is 18.8 Å². The van der Waals surface area contributed by atoms with Gasteiger partial charge < -0.3 is 14.6 Å². The highest BCUT2D eigenvalue weighted by Gasteiger charge is 2.26. The summed E-state index contributed by atoms with van der Waals surface area (Å²) in [4.78, 5) is 21.6. The van der Waals surface area contributed by atoms with Crippen LogP contribution in [0, 0.1) is 5.41 Å². The maximum Gasteiger partial charge on any atom is 0.313 e. The number of carbonyl (C=O) groups excluding carboxylic acids is 2. The number of hydrogen-bond acceptors (Lipinski definition) is 5.